The van der Waals surface area contributed by atoms with E-state index in [1.165, 1.54) is 25.7 Å². The van der Waals surface area contributed by atoms with Crippen molar-refractivity contribution >= 4 is 23.4 Å². The Morgan fingerprint density at radius 1 is 1.04 bits per heavy atom. The summed E-state index contributed by atoms with van der Waals surface area (Å²) in [4.78, 5) is 36.1. The van der Waals surface area contributed by atoms with Gasteiger partial charge in [0.15, 0.2) is 0 Å². The number of para-hydroxylation sites is 1. The number of carbonyl (C=O) groups is 3. The Bertz CT molecular complexity index is 627. The van der Waals surface area contributed by atoms with Crippen molar-refractivity contribution in [3.8, 4) is 0 Å². The second-order valence-electron chi connectivity index (χ2n) is 6.60. The highest BCUT2D eigenvalue weighted by Crippen LogP contribution is 2.28. The summed E-state index contributed by atoms with van der Waals surface area (Å²) in [6, 6.07) is 6.73. The van der Waals surface area contributed by atoms with Gasteiger partial charge in [-0.25, -0.2) is 0 Å². The molecule has 0 heterocycles. The number of anilines is 1. The van der Waals surface area contributed by atoms with Crippen LogP contribution in [0.3, 0.4) is 0 Å². The number of benzene rings is 1. The third kappa shape index (κ3) is 6.48. The van der Waals surface area contributed by atoms with E-state index in [-0.39, 0.29) is 24.3 Å². The van der Waals surface area contributed by atoms with Gasteiger partial charge >= 0.3 is 0 Å². The third-order valence-corrected chi connectivity index (χ3v) is 4.58. The molecule has 0 radical (unpaired) electrons. The van der Waals surface area contributed by atoms with Crippen molar-refractivity contribution in [3.63, 3.8) is 0 Å². The van der Waals surface area contributed by atoms with Gasteiger partial charge in [0, 0.05) is 19.5 Å². The Hall–Kier alpha value is -2.41. The molecule has 2 rings (SSSR count). The molecular formula is C19H28N4O3. The lowest BCUT2D eigenvalue weighted by molar-refractivity contribution is -0.124. The van der Waals surface area contributed by atoms with E-state index in [1.54, 1.807) is 24.3 Å². The van der Waals surface area contributed by atoms with Crippen LogP contribution in [0.4, 0.5) is 5.69 Å². The molecule has 142 valence electrons. The molecule has 0 unspecified atom stereocenters. The number of nitrogens with one attached hydrogen (secondary N) is 3. The van der Waals surface area contributed by atoms with Crippen LogP contribution in [0, 0.1) is 5.92 Å². The Morgan fingerprint density at radius 3 is 2.50 bits per heavy atom. The minimum atomic E-state index is -0.363. The molecule has 0 atom stereocenters. The number of hydrogen-bond acceptors (Lipinski definition) is 4. The van der Waals surface area contributed by atoms with Gasteiger partial charge in [0.1, 0.15) is 0 Å². The van der Waals surface area contributed by atoms with Gasteiger partial charge in [-0.15, -0.1) is 0 Å². The van der Waals surface area contributed by atoms with Crippen molar-refractivity contribution in [1.82, 2.24) is 10.6 Å². The van der Waals surface area contributed by atoms with Crippen LogP contribution in [0.1, 0.15) is 48.9 Å². The number of rotatable bonds is 9. The third-order valence-electron chi connectivity index (χ3n) is 4.58. The summed E-state index contributed by atoms with van der Waals surface area (Å²) in [7, 11) is 0. The molecule has 0 saturated heterocycles. The van der Waals surface area contributed by atoms with Crippen molar-refractivity contribution in [2.75, 3.05) is 25.0 Å². The molecule has 26 heavy (non-hydrogen) atoms. The largest absolute Gasteiger partial charge is 0.351 e. The van der Waals surface area contributed by atoms with Crippen LogP contribution in [0.25, 0.3) is 0 Å². The number of hydrogen-bond donors (Lipinski definition) is 4. The highest BCUT2D eigenvalue weighted by Gasteiger charge is 2.17. The van der Waals surface area contributed by atoms with E-state index in [1.807, 2.05) is 0 Å². The summed E-state index contributed by atoms with van der Waals surface area (Å²) in [5.74, 6) is -0.125. The molecule has 1 aromatic carbocycles. The second-order valence-corrected chi connectivity index (χ2v) is 6.60. The van der Waals surface area contributed by atoms with E-state index in [2.05, 4.69) is 16.0 Å². The minimum Gasteiger partial charge on any atom is -0.351 e. The van der Waals surface area contributed by atoms with Gasteiger partial charge in [-0.1, -0.05) is 37.8 Å². The van der Waals surface area contributed by atoms with E-state index in [4.69, 9.17) is 5.73 Å². The summed E-state index contributed by atoms with van der Waals surface area (Å²) >= 11 is 0. The molecule has 3 amide bonds. The van der Waals surface area contributed by atoms with Gasteiger partial charge in [0.05, 0.1) is 17.8 Å². The van der Waals surface area contributed by atoms with E-state index in [0.29, 0.717) is 36.7 Å². The molecule has 0 aliphatic heterocycles. The highest BCUT2D eigenvalue weighted by atomic mass is 16.2. The molecule has 1 aliphatic carbocycles. The standard InChI is InChI=1S/C19H28N4O3/c20-11-12-21-19(26)15-7-3-4-8-16(15)23-18(25)13-22-17(24)10-9-14-5-1-2-6-14/h3-4,7-8,14H,1-2,5-6,9-13,20H2,(H,21,26)(H,22,24)(H,23,25). The maximum atomic E-state index is 12.1. The summed E-state index contributed by atoms with van der Waals surface area (Å²) in [6.45, 7) is 0.591. The van der Waals surface area contributed by atoms with E-state index >= 15 is 0 Å². The molecular weight excluding hydrogens is 332 g/mol. The van der Waals surface area contributed by atoms with Crippen LogP contribution in [0.5, 0.6) is 0 Å². The fraction of sp³-hybridized carbons (Fsp3) is 0.526. The molecule has 0 spiro atoms. The quantitative estimate of drug-likeness (QED) is 0.533. The van der Waals surface area contributed by atoms with Crippen molar-refractivity contribution < 1.29 is 14.4 Å². The zero-order valence-electron chi connectivity index (χ0n) is 15.1. The summed E-state index contributed by atoms with van der Waals surface area (Å²) in [6.07, 6.45) is 6.26. The first kappa shape index (κ1) is 19.9. The minimum absolute atomic E-state index is 0.109. The van der Waals surface area contributed by atoms with Crippen molar-refractivity contribution in [3.05, 3.63) is 29.8 Å². The lowest BCUT2D eigenvalue weighted by Gasteiger charge is -2.12. The van der Waals surface area contributed by atoms with Crippen LogP contribution in [-0.4, -0.2) is 37.4 Å². The number of carbonyl (C=O) groups excluding carboxylic acids is 3. The lowest BCUT2D eigenvalue weighted by Crippen LogP contribution is -2.34. The first-order valence-corrected chi connectivity index (χ1v) is 9.24. The van der Waals surface area contributed by atoms with E-state index in [9.17, 15) is 14.4 Å². The SMILES string of the molecule is NCCNC(=O)c1ccccc1NC(=O)CNC(=O)CCC1CCCC1. The molecule has 1 fully saturated rings. The van der Waals surface area contributed by atoms with Gasteiger partial charge < -0.3 is 21.7 Å². The van der Waals surface area contributed by atoms with Gasteiger partial charge in [-0.2, -0.15) is 0 Å². The molecule has 7 nitrogen and oxygen atoms in total. The maximum Gasteiger partial charge on any atom is 0.253 e. The van der Waals surface area contributed by atoms with Crippen LogP contribution in [0.15, 0.2) is 24.3 Å². The smallest absolute Gasteiger partial charge is 0.253 e. The Labute approximate surface area is 154 Å². The zero-order valence-corrected chi connectivity index (χ0v) is 15.1. The Kier molecular flexibility index (Phi) is 8.08. The predicted octanol–water partition coefficient (Wildman–Crippen LogP) is 1.40. The van der Waals surface area contributed by atoms with Gasteiger partial charge in [0.2, 0.25) is 11.8 Å². The monoisotopic (exact) mass is 360 g/mol. The Morgan fingerprint density at radius 2 is 1.77 bits per heavy atom. The van der Waals surface area contributed by atoms with Crippen molar-refractivity contribution in [1.29, 1.82) is 0 Å². The van der Waals surface area contributed by atoms with Crippen molar-refractivity contribution in [2.24, 2.45) is 11.7 Å². The molecule has 0 bridgehead atoms. The predicted molar refractivity (Wildman–Crippen MR) is 101 cm³/mol. The molecule has 1 aromatic rings. The van der Waals surface area contributed by atoms with Crippen molar-refractivity contribution in [2.45, 2.75) is 38.5 Å². The highest BCUT2D eigenvalue weighted by molar-refractivity contribution is 6.04. The molecule has 7 heteroatoms. The van der Waals surface area contributed by atoms with Gasteiger partial charge in [0.25, 0.3) is 5.91 Å². The average Bonchev–Trinajstić information content (AvgIpc) is 3.17. The maximum absolute atomic E-state index is 12.1. The fourth-order valence-corrected chi connectivity index (χ4v) is 3.17. The average molecular weight is 360 g/mol. The van der Waals surface area contributed by atoms with Crippen LogP contribution in [-0.2, 0) is 9.59 Å². The first-order valence-electron chi connectivity index (χ1n) is 9.24. The van der Waals surface area contributed by atoms with Gasteiger partial charge in [-0.05, 0) is 24.5 Å². The second kappa shape index (κ2) is 10.6. The molecule has 0 aromatic heterocycles. The number of amides is 3. The van der Waals surface area contributed by atoms with Crippen LogP contribution < -0.4 is 21.7 Å². The Balaban J connectivity index is 1.78. The topological polar surface area (TPSA) is 113 Å². The van der Waals surface area contributed by atoms with E-state index in [0.717, 1.165) is 6.42 Å². The first-order chi connectivity index (χ1) is 12.6. The van der Waals surface area contributed by atoms with Gasteiger partial charge in [-0.3, -0.25) is 14.4 Å². The van der Waals surface area contributed by atoms with E-state index < -0.39 is 0 Å². The zero-order chi connectivity index (χ0) is 18.8. The normalized spacial score (nSPS) is 14.0. The summed E-state index contributed by atoms with van der Waals surface area (Å²) in [5.41, 5.74) is 6.15. The number of nitrogens with two attached hydrogens (primary N) is 1. The summed E-state index contributed by atoms with van der Waals surface area (Å²) < 4.78 is 0. The summed E-state index contributed by atoms with van der Waals surface area (Å²) in [5, 5.41) is 7.99. The van der Waals surface area contributed by atoms with Crippen LogP contribution >= 0.6 is 0 Å². The molecule has 1 aliphatic rings. The molecule has 1 saturated carbocycles. The molecule has 5 N–H and O–H groups in total. The lowest BCUT2D eigenvalue weighted by atomic mass is 10.0. The fourth-order valence-electron chi connectivity index (χ4n) is 3.17. The van der Waals surface area contributed by atoms with Crippen LogP contribution in [0.2, 0.25) is 0 Å².